The topological polar surface area (TPSA) is 59.3 Å². The maximum Gasteiger partial charge on any atom is 0.341 e. The quantitative estimate of drug-likeness (QED) is 0.880. The minimum atomic E-state index is -1.30. The average molecular weight is 235 g/mol. The van der Waals surface area contributed by atoms with Gasteiger partial charge in [-0.2, -0.15) is 0 Å². The molecule has 0 saturated heterocycles. The first-order chi connectivity index (χ1) is 8.15. The minimum Gasteiger partial charge on any atom is -0.477 e. The van der Waals surface area contributed by atoms with Crippen molar-refractivity contribution in [1.29, 1.82) is 0 Å². The Labute approximate surface area is 95.9 Å². The molecular weight excluding hydrogens is 225 g/mol. The summed E-state index contributed by atoms with van der Waals surface area (Å²) in [6, 6.07) is 6.57. The van der Waals surface area contributed by atoms with Crippen molar-refractivity contribution in [2.24, 2.45) is 0 Å². The summed E-state index contributed by atoms with van der Waals surface area (Å²) in [5, 5.41) is 9.20. The van der Waals surface area contributed by atoms with Crippen LogP contribution in [0.1, 0.15) is 10.4 Å². The van der Waals surface area contributed by atoms with E-state index in [1.165, 1.54) is 10.8 Å². The van der Waals surface area contributed by atoms with E-state index in [9.17, 15) is 14.0 Å². The van der Waals surface area contributed by atoms with Crippen molar-refractivity contribution in [3.8, 4) is 0 Å². The predicted octanol–water partition coefficient (Wildman–Crippen LogP) is 1.67. The second-order valence-corrected chi connectivity index (χ2v) is 3.58. The zero-order valence-electron chi connectivity index (χ0n) is 8.89. The van der Waals surface area contributed by atoms with Gasteiger partial charge in [0.2, 0.25) is 5.43 Å². The maximum absolute atomic E-state index is 12.4. The van der Waals surface area contributed by atoms with Gasteiger partial charge in [-0.05, 0) is 12.1 Å². The van der Waals surface area contributed by atoms with Gasteiger partial charge in [-0.15, -0.1) is 0 Å². The molecule has 0 saturated carbocycles. The standard InChI is InChI=1S/C12H10FNO3/c13-5-6-14-7-9(12(16)17)11(15)8-3-1-2-4-10(8)14/h1-4,7H,5-6H2,(H,16,17). The number of aromatic nitrogens is 1. The molecule has 0 unspecified atom stereocenters. The van der Waals surface area contributed by atoms with Crippen LogP contribution in [0.5, 0.6) is 0 Å². The number of para-hydroxylation sites is 1. The van der Waals surface area contributed by atoms with E-state index in [1.807, 2.05) is 0 Å². The number of carboxylic acid groups (broad SMARTS) is 1. The second-order valence-electron chi connectivity index (χ2n) is 3.58. The Morgan fingerprint density at radius 2 is 2.06 bits per heavy atom. The molecule has 2 rings (SSSR count). The van der Waals surface area contributed by atoms with E-state index < -0.39 is 18.1 Å². The molecule has 0 fully saturated rings. The Bertz CT molecular complexity index is 633. The number of aromatic carboxylic acids is 1. The number of carbonyl (C=O) groups is 1. The number of fused-ring (bicyclic) bond motifs is 1. The minimum absolute atomic E-state index is 0.0288. The fourth-order valence-corrected chi connectivity index (χ4v) is 1.77. The van der Waals surface area contributed by atoms with Crippen molar-refractivity contribution in [2.45, 2.75) is 6.54 Å². The van der Waals surface area contributed by atoms with Crippen molar-refractivity contribution in [3.05, 3.63) is 46.2 Å². The first-order valence-corrected chi connectivity index (χ1v) is 5.06. The smallest absolute Gasteiger partial charge is 0.341 e. The zero-order chi connectivity index (χ0) is 12.4. The van der Waals surface area contributed by atoms with Gasteiger partial charge in [-0.25, -0.2) is 9.18 Å². The maximum atomic E-state index is 12.4. The van der Waals surface area contributed by atoms with E-state index in [1.54, 1.807) is 24.3 Å². The van der Waals surface area contributed by atoms with Gasteiger partial charge >= 0.3 is 5.97 Å². The molecule has 0 spiro atoms. The van der Waals surface area contributed by atoms with Crippen LogP contribution >= 0.6 is 0 Å². The second kappa shape index (κ2) is 4.37. The van der Waals surface area contributed by atoms with Gasteiger partial charge in [-0.3, -0.25) is 4.79 Å². The van der Waals surface area contributed by atoms with Crippen LogP contribution in [0.3, 0.4) is 0 Å². The molecule has 0 radical (unpaired) electrons. The van der Waals surface area contributed by atoms with Crippen LogP contribution in [0.4, 0.5) is 4.39 Å². The highest BCUT2D eigenvalue weighted by atomic mass is 19.1. The summed E-state index contributed by atoms with van der Waals surface area (Å²) < 4.78 is 13.8. The van der Waals surface area contributed by atoms with Crippen molar-refractivity contribution in [1.82, 2.24) is 4.57 Å². The molecule has 88 valence electrons. The summed E-state index contributed by atoms with van der Waals surface area (Å²) in [6.45, 7) is -0.590. The van der Waals surface area contributed by atoms with Crippen LogP contribution in [0, 0.1) is 0 Å². The number of hydrogen-bond donors (Lipinski definition) is 1. The van der Waals surface area contributed by atoms with Crippen molar-refractivity contribution in [2.75, 3.05) is 6.67 Å². The van der Waals surface area contributed by atoms with Crippen LogP contribution in [0.25, 0.3) is 10.9 Å². The molecule has 1 heterocycles. The van der Waals surface area contributed by atoms with E-state index in [0.717, 1.165) is 0 Å². The molecule has 0 aliphatic rings. The van der Waals surface area contributed by atoms with E-state index >= 15 is 0 Å². The highest BCUT2D eigenvalue weighted by Gasteiger charge is 2.13. The Morgan fingerprint density at radius 1 is 1.35 bits per heavy atom. The van der Waals surface area contributed by atoms with Crippen LogP contribution < -0.4 is 5.43 Å². The van der Waals surface area contributed by atoms with Crippen LogP contribution in [0.15, 0.2) is 35.3 Å². The van der Waals surface area contributed by atoms with Crippen LogP contribution in [0.2, 0.25) is 0 Å². The van der Waals surface area contributed by atoms with E-state index in [2.05, 4.69) is 0 Å². The molecule has 5 heteroatoms. The van der Waals surface area contributed by atoms with Gasteiger partial charge < -0.3 is 9.67 Å². The van der Waals surface area contributed by atoms with Gasteiger partial charge in [-0.1, -0.05) is 12.1 Å². The number of halogens is 1. The van der Waals surface area contributed by atoms with Crippen molar-refractivity contribution >= 4 is 16.9 Å². The number of alkyl halides is 1. The van der Waals surface area contributed by atoms with Gasteiger partial charge in [0.15, 0.2) is 0 Å². The lowest BCUT2D eigenvalue weighted by molar-refractivity contribution is 0.0694. The van der Waals surface area contributed by atoms with Gasteiger partial charge in [0, 0.05) is 11.6 Å². The molecule has 17 heavy (non-hydrogen) atoms. The monoisotopic (exact) mass is 235 g/mol. The molecule has 0 aliphatic heterocycles. The lowest BCUT2D eigenvalue weighted by Crippen LogP contribution is -2.19. The fourth-order valence-electron chi connectivity index (χ4n) is 1.77. The largest absolute Gasteiger partial charge is 0.477 e. The average Bonchev–Trinajstić information content (AvgIpc) is 2.33. The Hall–Kier alpha value is -2.17. The molecular formula is C12H10FNO3. The predicted molar refractivity (Wildman–Crippen MR) is 61.1 cm³/mol. The number of carboxylic acids is 1. The third kappa shape index (κ3) is 1.91. The highest BCUT2D eigenvalue weighted by Crippen LogP contribution is 2.11. The van der Waals surface area contributed by atoms with Crippen LogP contribution in [-0.4, -0.2) is 22.3 Å². The molecule has 0 atom stereocenters. The third-order valence-corrected chi connectivity index (χ3v) is 2.54. The number of hydrogen-bond acceptors (Lipinski definition) is 2. The highest BCUT2D eigenvalue weighted by molar-refractivity contribution is 5.92. The molecule has 0 bridgehead atoms. The molecule has 1 aromatic carbocycles. The first kappa shape index (κ1) is 11.3. The van der Waals surface area contributed by atoms with Crippen molar-refractivity contribution in [3.63, 3.8) is 0 Å². The normalized spacial score (nSPS) is 10.6. The Kier molecular flexibility index (Phi) is 2.91. The van der Waals surface area contributed by atoms with E-state index in [4.69, 9.17) is 5.11 Å². The summed E-state index contributed by atoms with van der Waals surface area (Å²) >= 11 is 0. The van der Waals surface area contributed by atoms with Gasteiger partial charge in [0.1, 0.15) is 12.2 Å². The fraction of sp³-hybridized carbons (Fsp3) is 0.167. The summed E-state index contributed by atoms with van der Waals surface area (Å²) in [5.41, 5.74) is -0.333. The summed E-state index contributed by atoms with van der Waals surface area (Å²) in [5.74, 6) is -1.30. The molecule has 1 N–H and O–H groups in total. The molecule has 4 nitrogen and oxygen atoms in total. The summed E-state index contributed by atoms with van der Waals surface area (Å²) in [7, 11) is 0. The van der Waals surface area contributed by atoms with E-state index in [0.29, 0.717) is 10.9 Å². The summed E-state index contributed by atoms with van der Waals surface area (Å²) in [6.07, 6.45) is 1.19. The third-order valence-electron chi connectivity index (χ3n) is 2.54. The number of benzene rings is 1. The zero-order valence-corrected chi connectivity index (χ0v) is 8.89. The Balaban J connectivity index is 2.84. The lowest BCUT2D eigenvalue weighted by atomic mass is 10.1. The molecule has 2 aromatic rings. The SMILES string of the molecule is O=C(O)c1cn(CCF)c2ccccc2c1=O. The van der Waals surface area contributed by atoms with Crippen LogP contribution in [-0.2, 0) is 6.54 Å². The lowest BCUT2D eigenvalue weighted by Gasteiger charge is -2.09. The number of pyridine rings is 1. The van der Waals surface area contributed by atoms with Gasteiger partial charge in [0.25, 0.3) is 0 Å². The number of rotatable bonds is 3. The van der Waals surface area contributed by atoms with E-state index in [-0.39, 0.29) is 12.1 Å². The molecule has 0 amide bonds. The van der Waals surface area contributed by atoms with Crippen molar-refractivity contribution < 1.29 is 14.3 Å². The number of aryl methyl sites for hydroxylation is 1. The molecule has 1 aromatic heterocycles. The number of nitrogens with zero attached hydrogens (tertiary/aromatic N) is 1. The first-order valence-electron chi connectivity index (χ1n) is 5.06. The Morgan fingerprint density at radius 3 is 2.71 bits per heavy atom. The van der Waals surface area contributed by atoms with Gasteiger partial charge in [0.05, 0.1) is 12.1 Å². The summed E-state index contributed by atoms with van der Waals surface area (Å²) in [4.78, 5) is 22.8. The molecule has 0 aliphatic carbocycles.